The average molecular weight is 664 g/mol. The van der Waals surface area contributed by atoms with Gasteiger partial charge in [-0.1, -0.05) is 0 Å². The number of aromatic carboxylic acids is 2. The molecule has 1 unspecified atom stereocenters. The van der Waals surface area contributed by atoms with Gasteiger partial charge in [-0.05, 0) is 50.5 Å². The van der Waals surface area contributed by atoms with Crippen LogP contribution in [0, 0.1) is 30.2 Å². The first kappa shape index (κ1) is 30.9. The summed E-state index contributed by atoms with van der Waals surface area (Å²) in [5.41, 5.74) is -3.07. The molecule has 0 spiro atoms. The van der Waals surface area contributed by atoms with Crippen molar-refractivity contribution in [3.05, 3.63) is 103 Å². The predicted molar refractivity (Wildman–Crippen MR) is 167 cm³/mol. The Labute approximate surface area is 267 Å². The van der Waals surface area contributed by atoms with E-state index in [0.29, 0.717) is 24.5 Å². The predicted octanol–water partition coefficient (Wildman–Crippen LogP) is 4.99. The number of halogens is 4. The number of carboxylic acid groups (broad SMARTS) is 2. The highest BCUT2D eigenvalue weighted by atomic mass is 19.1. The van der Waals surface area contributed by atoms with Crippen LogP contribution in [0.1, 0.15) is 51.6 Å². The first-order chi connectivity index (χ1) is 22.8. The van der Waals surface area contributed by atoms with Gasteiger partial charge in [0, 0.05) is 49.2 Å². The van der Waals surface area contributed by atoms with E-state index in [1.54, 1.807) is 9.47 Å². The molecule has 11 nitrogen and oxygen atoms in total. The van der Waals surface area contributed by atoms with Crippen LogP contribution in [0.3, 0.4) is 0 Å². The summed E-state index contributed by atoms with van der Waals surface area (Å²) in [4.78, 5) is 55.5. The first-order valence-electron chi connectivity index (χ1n) is 14.9. The zero-order valence-corrected chi connectivity index (χ0v) is 25.1. The summed E-state index contributed by atoms with van der Waals surface area (Å²) >= 11 is 0. The van der Waals surface area contributed by atoms with E-state index in [1.807, 2.05) is 0 Å². The minimum Gasteiger partial charge on any atom is -0.477 e. The number of hydrogen-bond acceptors (Lipinski definition) is 7. The first-order valence-corrected chi connectivity index (χ1v) is 14.9. The number of carboxylic acids is 2. The lowest BCUT2D eigenvalue weighted by molar-refractivity contribution is 0.0684. The Kier molecular flexibility index (Phi) is 7.22. The number of rotatable bonds is 7. The summed E-state index contributed by atoms with van der Waals surface area (Å²) in [6.07, 6.45) is 4.07. The molecule has 1 aliphatic carbocycles. The second-order valence-corrected chi connectivity index (χ2v) is 12.0. The average Bonchev–Trinajstić information content (AvgIpc) is 3.77. The standard InChI is InChI=1S/C33H25F4N5O6/c1-14-26-24(41(17-3-4-17)12-20(29(26)44)33(47)48)10-25(27(14)37)40-7-6-16(11-40)38-30-22(36)9-18-28(43)19(32(45)46)13-42(31(18)39-30)23-5-2-15(34)8-21(23)35/h2,5,8-10,12-13,16-17H,3-4,6-7,11H2,1H3,(H,38,39)(H,45,46)(H,47,48). The number of nitrogens with one attached hydrogen (secondary N) is 1. The lowest BCUT2D eigenvalue weighted by Crippen LogP contribution is -2.28. The third-order valence-corrected chi connectivity index (χ3v) is 8.85. The van der Waals surface area contributed by atoms with Crippen molar-refractivity contribution in [3.8, 4) is 5.69 Å². The summed E-state index contributed by atoms with van der Waals surface area (Å²) in [5, 5.41) is 21.6. The Morgan fingerprint density at radius 1 is 0.896 bits per heavy atom. The molecule has 4 heterocycles. The molecule has 2 fully saturated rings. The van der Waals surface area contributed by atoms with Crippen LogP contribution in [-0.2, 0) is 0 Å². The van der Waals surface area contributed by atoms with Gasteiger partial charge < -0.3 is 25.0 Å². The molecule has 0 amide bonds. The van der Waals surface area contributed by atoms with Crippen molar-refractivity contribution in [3.63, 3.8) is 0 Å². The van der Waals surface area contributed by atoms with E-state index < -0.39 is 68.6 Å². The van der Waals surface area contributed by atoms with Gasteiger partial charge in [-0.3, -0.25) is 14.2 Å². The van der Waals surface area contributed by atoms with Gasteiger partial charge in [0.2, 0.25) is 10.9 Å². The molecule has 1 atom stereocenters. The number of pyridine rings is 3. The molecule has 3 aromatic heterocycles. The number of hydrogen-bond donors (Lipinski definition) is 3. The van der Waals surface area contributed by atoms with E-state index in [1.165, 1.54) is 19.2 Å². The van der Waals surface area contributed by atoms with Crippen LogP contribution in [0.5, 0.6) is 0 Å². The molecule has 246 valence electrons. The van der Waals surface area contributed by atoms with Crippen LogP contribution in [0.4, 0.5) is 29.1 Å². The fourth-order valence-electron chi connectivity index (χ4n) is 6.32. The largest absolute Gasteiger partial charge is 0.477 e. The van der Waals surface area contributed by atoms with Gasteiger partial charge in [-0.15, -0.1) is 0 Å². The number of fused-ring (bicyclic) bond motifs is 2. The number of anilines is 2. The Bertz CT molecular complexity index is 2350. The van der Waals surface area contributed by atoms with Crippen molar-refractivity contribution in [2.75, 3.05) is 23.3 Å². The highest BCUT2D eigenvalue weighted by Crippen LogP contribution is 2.39. The van der Waals surface area contributed by atoms with Crippen LogP contribution in [0.2, 0.25) is 0 Å². The van der Waals surface area contributed by atoms with Gasteiger partial charge >= 0.3 is 11.9 Å². The third-order valence-electron chi connectivity index (χ3n) is 8.85. The van der Waals surface area contributed by atoms with Gasteiger partial charge in [-0.2, -0.15) is 0 Å². The summed E-state index contributed by atoms with van der Waals surface area (Å²) in [6, 6.07) is 4.31. The normalized spacial score (nSPS) is 16.2. The molecule has 2 aliphatic rings. The van der Waals surface area contributed by atoms with E-state index in [9.17, 15) is 38.2 Å². The molecule has 0 radical (unpaired) electrons. The van der Waals surface area contributed by atoms with Gasteiger partial charge in [0.25, 0.3) is 0 Å². The van der Waals surface area contributed by atoms with Crippen molar-refractivity contribution in [2.45, 2.75) is 38.3 Å². The molecule has 1 aliphatic heterocycles. The number of carbonyl (C=O) groups is 2. The fourth-order valence-corrected chi connectivity index (χ4v) is 6.32. The molecule has 7 rings (SSSR count). The van der Waals surface area contributed by atoms with Crippen molar-refractivity contribution >= 4 is 45.4 Å². The summed E-state index contributed by atoms with van der Waals surface area (Å²) in [6.45, 7) is 1.88. The Balaban J connectivity index is 1.26. The maximum Gasteiger partial charge on any atom is 0.341 e. The van der Waals surface area contributed by atoms with Gasteiger partial charge in [0.05, 0.1) is 27.7 Å². The maximum absolute atomic E-state index is 15.9. The van der Waals surface area contributed by atoms with E-state index in [4.69, 9.17) is 0 Å². The van der Waals surface area contributed by atoms with E-state index >= 15 is 8.78 Å². The van der Waals surface area contributed by atoms with Crippen LogP contribution < -0.4 is 21.1 Å². The van der Waals surface area contributed by atoms with Crippen molar-refractivity contribution < 1.29 is 37.4 Å². The van der Waals surface area contributed by atoms with Crippen molar-refractivity contribution in [2.24, 2.45) is 0 Å². The topological polar surface area (TPSA) is 147 Å². The molecule has 2 aromatic carbocycles. The zero-order chi connectivity index (χ0) is 34.2. The summed E-state index contributed by atoms with van der Waals surface area (Å²) < 4.78 is 62.4. The van der Waals surface area contributed by atoms with Crippen molar-refractivity contribution in [1.29, 1.82) is 0 Å². The second-order valence-electron chi connectivity index (χ2n) is 12.0. The summed E-state index contributed by atoms with van der Waals surface area (Å²) in [5.74, 6) is -7.05. The molecular formula is C33H25F4N5O6. The number of aryl methyl sites for hydroxylation is 1. The molecule has 0 bridgehead atoms. The molecule has 1 saturated carbocycles. The Hall–Kier alpha value is -5.73. The Morgan fingerprint density at radius 3 is 2.27 bits per heavy atom. The fraction of sp³-hybridized carbons (Fsp3) is 0.242. The maximum atomic E-state index is 15.9. The minimum absolute atomic E-state index is 0.00551. The second kappa shape index (κ2) is 11.2. The quantitative estimate of drug-likeness (QED) is 0.205. The zero-order valence-electron chi connectivity index (χ0n) is 25.1. The van der Waals surface area contributed by atoms with Gasteiger partial charge in [0.15, 0.2) is 17.3 Å². The molecule has 1 saturated heterocycles. The molecule has 5 aromatic rings. The molecule has 48 heavy (non-hydrogen) atoms. The Morgan fingerprint density at radius 2 is 1.60 bits per heavy atom. The highest BCUT2D eigenvalue weighted by Gasteiger charge is 2.32. The third kappa shape index (κ3) is 5.02. The highest BCUT2D eigenvalue weighted by molar-refractivity contribution is 5.95. The SMILES string of the molecule is Cc1c(F)c(N2CCC(Nc3nc4c(cc3F)c(=O)c(C(=O)O)cn4-c3ccc(F)cc3F)C2)cc2c1c(=O)c(C(=O)O)cn2C1CC1. The van der Waals surface area contributed by atoms with E-state index in [2.05, 4.69) is 10.3 Å². The number of nitrogens with zero attached hydrogens (tertiary/aromatic N) is 4. The lowest BCUT2D eigenvalue weighted by atomic mass is 10.0. The van der Waals surface area contributed by atoms with Crippen LogP contribution in [-0.4, -0.2) is 55.4 Å². The van der Waals surface area contributed by atoms with Crippen LogP contribution in [0.15, 0.2) is 52.3 Å². The van der Waals surface area contributed by atoms with Gasteiger partial charge in [0.1, 0.15) is 28.6 Å². The van der Waals surface area contributed by atoms with E-state index in [-0.39, 0.29) is 46.4 Å². The van der Waals surface area contributed by atoms with Crippen LogP contribution >= 0.6 is 0 Å². The van der Waals surface area contributed by atoms with Gasteiger partial charge in [-0.25, -0.2) is 32.1 Å². The molecular weight excluding hydrogens is 638 g/mol. The summed E-state index contributed by atoms with van der Waals surface area (Å²) in [7, 11) is 0. The molecule has 3 N–H and O–H groups in total. The smallest absolute Gasteiger partial charge is 0.341 e. The monoisotopic (exact) mass is 663 g/mol. The van der Waals surface area contributed by atoms with E-state index in [0.717, 1.165) is 41.8 Å². The number of aromatic nitrogens is 3. The van der Waals surface area contributed by atoms with Crippen LogP contribution in [0.25, 0.3) is 27.6 Å². The number of benzene rings is 2. The van der Waals surface area contributed by atoms with Crippen molar-refractivity contribution in [1.82, 2.24) is 14.1 Å². The minimum atomic E-state index is -1.64. The lowest BCUT2D eigenvalue weighted by Gasteiger charge is -2.23. The molecule has 15 heteroatoms.